The van der Waals surface area contributed by atoms with Gasteiger partial charge in [0.2, 0.25) is 0 Å². The summed E-state index contributed by atoms with van der Waals surface area (Å²) in [5, 5.41) is 9.70. The summed E-state index contributed by atoms with van der Waals surface area (Å²) in [6.07, 6.45) is 14.8. The molecule has 7 atom stereocenters. The number of aromatic nitrogens is 2. The fraction of sp³-hybridized carbons (Fsp3) is 0.727. The van der Waals surface area contributed by atoms with E-state index in [4.69, 9.17) is 4.98 Å². The van der Waals surface area contributed by atoms with Crippen LogP contribution in [0.3, 0.4) is 0 Å². The molecule has 5 fully saturated rings. The summed E-state index contributed by atoms with van der Waals surface area (Å²) in [5.74, 6) is 2.76. The van der Waals surface area contributed by atoms with Crippen LogP contribution >= 0.6 is 0 Å². The Kier molecular flexibility index (Phi) is 6.92. The Bertz CT molecular complexity index is 1310. The molecule has 3 saturated heterocycles. The topological polar surface area (TPSA) is 78.7 Å². The number of carboxylic acid groups (broad SMARTS) is 1. The van der Waals surface area contributed by atoms with Crippen molar-refractivity contribution in [3.8, 4) is 0 Å². The Morgan fingerprint density at radius 3 is 2.35 bits per heavy atom. The van der Waals surface area contributed by atoms with Crippen molar-refractivity contribution in [1.82, 2.24) is 14.5 Å². The third-order valence-corrected chi connectivity index (χ3v) is 11.7. The average molecular weight is 547 g/mol. The molecule has 2 aliphatic carbocycles. The van der Waals surface area contributed by atoms with Crippen LogP contribution < -0.4 is 10.5 Å². The number of nitrogens with zero attached hydrogens (tertiary/aromatic N) is 4. The van der Waals surface area contributed by atoms with E-state index in [2.05, 4.69) is 18.7 Å². The van der Waals surface area contributed by atoms with Crippen molar-refractivity contribution in [2.75, 3.05) is 11.4 Å². The number of anilines is 1. The molecule has 7 rings (SSSR count). The lowest BCUT2D eigenvalue weighted by Crippen LogP contribution is -2.60. The third-order valence-electron chi connectivity index (χ3n) is 11.7. The number of piperidine rings is 2. The second kappa shape index (κ2) is 10.5. The number of carbonyl (C=O) groups is 1. The van der Waals surface area contributed by atoms with E-state index in [1.54, 1.807) is 4.90 Å². The van der Waals surface area contributed by atoms with Crippen LogP contribution in [0.15, 0.2) is 29.1 Å². The Morgan fingerprint density at radius 1 is 0.925 bits per heavy atom. The maximum absolute atomic E-state index is 14.2. The molecule has 216 valence electrons. The standard InChI is InChI=1S/C33H46N4O3/c1-3-21-14-22-9-10-23(15-21)17-25(16-22)36-24-11-8-20(2)30(36)19-26(18-24)37-28-7-5-4-6-27(28)34-31(32(37)38)35-13-12-29(35)33(39)40/h4-7,20-26,29-30H,3,8-19H2,1-2H3,(H,39,40). The molecule has 7 heteroatoms. The first-order valence-corrected chi connectivity index (χ1v) is 16.2. The molecule has 4 bridgehead atoms. The van der Waals surface area contributed by atoms with Gasteiger partial charge in [-0.3, -0.25) is 9.69 Å². The largest absolute Gasteiger partial charge is 0.480 e. The fourth-order valence-electron chi connectivity index (χ4n) is 9.63. The Labute approximate surface area is 237 Å². The van der Waals surface area contributed by atoms with Crippen molar-refractivity contribution >= 4 is 22.8 Å². The van der Waals surface area contributed by atoms with Crippen molar-refractivity contribution < 1.29 is 9.90 Å². The van der Waals surface area contributed by atoms with Crippen LogP contribution in [0.25, 0.3) is 11.0 Å². The van der Waals surface area contributed by atoms with E-state index < -0.39 is 12.0 Å². The highest BCUT2D eigenvalue weighted by molar-refractivity contribution is 5.81. The van der Waals surface area contributed by atoms with Crippen molar-refractivity contribution in [3.63, 3.8) is 0 Å². The van der Waals surface area contributed by atoms with E-state index in [0.717, 1.165) is 41.6 Å². The monoisotopic (exact) mass is 546 g/mol. The number of rotatable bonds is 5. The predicted molar refractivity (Wildman–Crippen MR) is 158 cm³/mol. The zero-order valence-corrected chi connectivity index (χ0v) is 24.3. The first kappa shape index (κ1) is 26.5. The molecular weight excluding hydrogens is 500 g/mol. The summed E-state index contributed by atoms with van der Waals surface area (Å²) >= 11 is 0. The SMILES string of the molecule is CCC1CC2CCC(C1)CC(N1C3CCC(C)C1CC(n1c(=O)c(N4CCC4C(=O)O)nc4ccccc41)C3)C2. The summed E-state index contributed by atoms with van der Waals surface area (Å²) < 4.78 is 2.03. The van der Waals surface area contributed by atoms with Crippen LogP contribution in [0.1, 0.15) is 96.9 Å². The molecule has 2 saturated carbocycles. The second-order valence-electron chi connectivity index (χ2n) is 14.0. The summed E-state index contributed by atoms with van der Waals surface area (Å²) in [5.41, 5.74) is 1.57. The highest BCUT2D eigenvalue weighted by Gasteiger charge is 2.48. The first-order valence-electron chi connectivity index (χ1n) is 16.2. The minimum absolute atomic E-state index is 0.108. The number of carboxylic acids is 1. The van der Waals surface area contributed by atoms with Crippen molar-refractivity contribution in [3.05, 3.63) is 34.6 Å². The lowest BCUT2D eigenvalue weighted by atomic mass is 9.73. The molecule has 1 N–H and O–H groups in total. The lowest BCUT2D eigenvalue weighted by Gasteiger charge is -2.56. The molecule has 1 aromatic heterocycles. The molecule has 0 amide bonds. The van der Waals surface area contributed by atoms with E-state index in [9.17, 15) is 14.7 Å². The van der Waals surface area contributed by atoms with Gasteiger partial charge in [0.1, 0.15) is 6.04 Å². The maximum Gasteiger partial charge on any atom is 0.326 e. The van der Waals surface area contributed by atoms with Gasteiger partial charge in [0.25, 0.3) is 5.56 Å². The van der Waals surface area contributed by atoms with Gasteiger partial charge in [-0.2, -0.15) is 0 Å². The Balaban J connectivity index is 1.22. The zero-order chi connectivity index (χ0) is 27.5. The first-order chi connectivity index (χ1) is 19.4. The molecular formula is C33H46N4O3. The number of para-hydroxylation sites is 2. The van der Waals surface area contributed by atoms with Gasteiger partial charge < -0.3 is 14.6 Å². The maximum atomic E-state index is 14.2. The number of benzene rings is 1. The molecule has 40 heavy (non-hydrogen) atoms. The lowest BCUT2D eigenvalue weighted by molar-refractivity contribution is -0.140. The molecule has 3 aliphatic heterocycles. The van der Waals surface area contributed by atoms with Gasteiger partial charge in [0.15, 0.2) is 5.82 Å². The van der Waals surface area contributed by atoms with Gasteiger partial charge >= 0.3 is 5.97 Å². The van der Waals surface area contributed by atoms with Gasteiger partial charge in [0.05, 0.1) is 11.0 Å². The molecule has 7 unspecified atom stereocenters. The fourth-order valence-corrected chi connectivity index (χ4v) is 9.63. The zero-order valence-electron chi connectivity index (χ0n) is 24.3. The van der Waals surface area contributed by atoms with Crippen molar-refractivity contribution in [2.45, 2.75) is 121 Å². The normalized spacial score (nSPS) is 38.0. The summed E-state index contributed by atoms with van der Waals surface area (Å²) in [6, 6.07) is 9.13. The summed E-state index contributed by atoms with van der Waals surface area (Å²) in [6.45, 7) is 5.40. The van der Waals surface area contributed by atoms with Crippen LogP contribution in [-0.4, -0.2) is 56.2 Å². The Morgan fingerprint density at radius 2 is 1.68 bits per heavy atom. The number of aliphatic carboxylic acids is 1. The van der Waals surface area contributed by atoms with Crippen LogP contribution in [0.5, 0.6) is 0 Å². The minimum Gasteiger partial charge on any atom is -0.480 e. The van der Waals surface area contributed by atoms with E-state index in [1.807, 2.05) is 28.8 Å². The quantitative estimate of drug-likeness (QED) is 0.506. The van der Waals surface area contributed by atoms with Gasteiger partial charge in [-0.1, -0.05) is 45.2 Å². The number of hydrogen-bond acceptors (Lipinski definition) is 5. The third kappa shape index (κ3) is 4.47. The van der Waals surface area contributed by atoms with Gasteiger partial charge in [-0.15, -0.1) is 0 Å². The number of hydrogen-bond donors (Lipinski definition) is 1. The molecule has 1 aromatic carbocycles. The smallest absolute Gasteiger partial charge is 0.326 e. The molecule has 5 aliphatic rings. The van der Waals surface area contributed by atoms with E-state index in [0.29, 0.717) is 42.8 Å². The van der Waals surface area contributed by atoms with E-state index in [1.165, 1.54) is 57.8 Å². The van der Waals surface area contributed by atoms with E-state index in [-0.39, 0.29) is 11.6 Å². The van der Waals surface area contributed by atoms with Crippen molar-refractivity contribution in [2.24, 2.45) is 23.7 Å². The van der Waals surface area contributed by atoms with Gasteiger partial charge in [-0.05, 0) is 93.6 Å². The minimum atomic E-state index is -0.873. The van der Waals surface area contributed by atoms with Crippen LogP contribution in [0, 0.1) is 23.7 Å². The van der Waals surface area contributed by atoms with Crippen LogP contribution in [0.2, 0.25) is 0 Å². The van der Waals surface area contributed by atoms with Crippen LogP contribution in [0.4, 0.5) is 5.82 Å². The molecule has 4 heterocycles. The summed E-state index contributed by atoms with van der Waals surface area (Å²) in [4.78, 5) is 35.4. The number of fused-ring (bicyclic) bond motifs is 6. The Hall–Kier alpha value is -2.41. The molecule has 7 nitrogen and oxygen atoms in total. The van der Waals surface area contributed by atoms with Crippen molar-refractivity contribution in [1.29, 1.82) is 0 Å². The van der Waals surface area contributed by atoms with Gasteiger partial charge in [-0.25, -0.2) is 9.78 Å². The second-order valence-corrected chi connectivity index (χ2v) is 14.0. The average Bonchev–Trinajstić information content (AvgIpc) is 3.23. The molecule has 0 spiro atoms. The highest BCUT2D eigenvalue weighted by atomic mass is 16.4. The molecule has 2 aromatic rings. The highest BCUT2D eigenvalue weighted by Crippen LogP contribution is 2.49. The predicted octanol–water partition coefficient (Wildman–Crippen LogP) is 5.86. The molecule has 0 radical (unpaired) electrons. The summed E-state index contributed by atoms with van der Waals surface area (Å²) in [7, 11) is 0. The van der Waals surface area contributed by atoms with Crippen LogP contribution in [-0.2, 0) is 4.79 Å². The van der Waals surface area contributed by atoms with E-state index >= 15 is 0 Å². The van der Waals surface area contributed by atoms with Gasteiger partial charge in [0, 0.05) is 30.7 Å².